The topological polar surface area (TPSA) is 68.5 Å². The van der Waals surface area contributed by atoms with Gasteiger partial charge >= 0.3 is 0 Å². The van der Waals surface area contributed by atoms with E-state index < -0.39 is 0 Å². The van der Waals surface area contributed by atoms with Gasteiger partial charge in [-0.1, -0.05) is 0 Å². The van der Waals surface area contributed by atoms with Crippen molar-refractivity contribution >= 4 is 6.29 Å². The molecule has 5 heteroatoms. The van der Waals surface area contributed by atoms with Crippen molar-refractivity contribution in [1.82, 2.24) is 0 Å². The average Bonchev–Trinajstić information content (AvgIpc) is 2.89. The molecule has 0 radical (unpaired) electrons. The van der Waals surface area contributed by atoms with Crippen LogP contribution >= 0.6 is 0 Å². The maximum absolute atomic E-state index is 11.0. The molecule has 0 atom stereocenters. The molecule has 5 nitrogen and oxygen atoms in total. The minimum absolute atomic E-state index is 0.160. The van der Waals surface area contributed by atoms with Gasteiger partial charge in [-0.15, -0.1) is 0 Å². The van der Waals surface area contributed by atoms with Crippen molar-refractivity contribution < 1.29 is 19.0 Å². The Morgan fingerprint density at radius 3 is 2.75 bits per heavy atom. The summed E-state index contributed by atoms with van der Waals surface area (Å²) in [4.78, 5) is 11.0. The van der Waals surface area contributed by atoms with Gasteiger partial charge in [-0.2, -0.15) is 5.26 Å². The van der Waals surface area contributed by atoms with E-state index in [0.29, 0.717) is 29.4 Å². The summed E-state index contributed by atoms with van der Waals surface area (Å²) >= 11 is 0. The molecule has 1 aliphatic heterocycles. The molecule has 0 aromatic heterocycles. The number of rotatable bonds is 6. The first-order valence-corrected chi connectivity index (χ1v) is 6.48. The summed E-state index contributed by atoms with van der Waals surface area (Å²) in [5.41, 5.74) is 0.0833. The van der Waals surface area contributed by atoms with Gasteiger partial charge in [0.1, 0.15) is 5.75 Å². The zero-order valence-electron chi connectivity index (χ0n) is 11.6. The number of carbonyl (C=O) groups is 1. The highest BCUT2D eigenvalue weighted by atomic mass is 16.7. The van der Waals surface area contributed by atoms with E-state index in [-0.39, 0.29) is 12.2 Å². The van der Waals surface area contributed by atoms with Crippen LogP contribution in [0.1, 0.15) is 37.0 Å². The molecule has 0 aliphatic carbocycles. The number of hydrogen-bond acceptors (Lipinski definition) is 5. The van der Waals surface area contributed by atoms with Gasteiger partial charge in [-0.3, -0.25) is 4.79 Å². The number of ether oxygens (including phenoxy) is 3. The predicted molar refractivity (Wildman–Crippen MR) is 72.1 cm³/mol. The van der Waals surface area contributed by atoms with Gasteiger partial charge in [0.05, 0.1) is 23.7 Å². The fourth-order valence-electron chi connectivity index (χ4n) is 1.91. The Labute approximate surface area is 118 Å². The quantitative estimate of drug-likeness (QED) is 0.589. The molecule has 1 heterocycles. The van der Waals surface area contributed by atoms with Crippen molar-refractivity contribution in [1.29, 1.82) is 5.26 Å². The number of fused-ring (bicyclic) bond motifs is 1. The number of benzene rings is 1. The van der Waals surface area contributed by atoms with Crippen molar-refractivity contribution in [2.45, 2.75) is 26.7 Å². The molecule has 0 unspecified atom stereocenters. The van der Waals surface area contributed by atoms with Crippen LogP contribution in [0.15, 0.2) is 12.1 Å². The third-order valence-corrected chi connectivity index (χ3v) is 3.14. The van der Waals surface area contributed by atoms with Crippen molar-refractivity contribution in [3.05, 3.63) is 17.7 Å². The monoisotopic (exact) mass is 275 g/mol. The second-order valence-corrected chi connectivity index (χ2v) is 5.31. The number of carbonyl (C=O) groups excluding carboxylic acids is 1. The molecule has 1 aromatic rings. The van der Waals surface area contributed by atoms with Crippen LogP contribution in [0.25, 0.3) is 0 Å². The maximum atomic E-state index is 11.0. The molecule has 0 spiro atoms. The van der Waals surface area contributed by atoms with Crippen LogP contribution in [0.5, 0.6) is 17.2 Å². The second-order valence-electron chi connectivity index (χ2n) is 5.31. The fourth-order valence-corrected chi connectivity index (χ4v) is 1.91. The highest BCUT2D eigenvalue weighted by Crippen LogP contribution is 2.37. The Balaban J connectivity index is 1.96. The lowest BCUT2D eigenvalue weighted by Crippen LogP contribution is -2.10. The van der Waals surface area contributed by atoms with E-state index >= 15 is 0 Å². The van der Waals surface area contributed by atoms with E-state index in [1.807, 2.05) is 13.8 Å². The highest BCUT2D eigenvalue weighted by molar-refractivity contribution is 5.81. The van der Waals surface area contributed by atoms with Gasteiger partial charge in [-0.25, -0.2) is 0 Å². The van der Waals surface area contributed by atoms with Crippen LogP contribution in [0.2, 0.25) is 0 Å². The summed E-state index contributed by atoms with van der Waals surface area (Å²) in [6.07, 6.45) is 2.22. The van der Waals surface area contributed by atoms with E-state index in [2.05, 4.69) is 6.07 Å². The SMILES string of the molecule is CC(C)(C#N)CCCOc1cc2c(cc1C=O)OCO2. The minimum atomic E-state index is -0.355. The molecule has 0 bridgehead atoms. The molecular formula is C15H17NO4. The fraction of sp³-hybridized carbons (Fsp3) is 0.467. The van der Waals surface area contributed by atoms with Gasteiger partial charge in [0.15, 0.2) is 17.8 Å². The average molecular weight is 275 g/mol. The molecular weight excluding hydrogens is 258 g/mol. The second kappa shape index (κ2) is 5.83. The van der Waals surface area contributed by atoms with E-state index in [9.17, 15) is 4.79 Å². The standard InChI is InChI=1S/C15H17NO4/c1-15(2,9-16)4-3-5-18-12-7-14-13(19-10-20-14)6-11(12)8-17/h6-8H,3-5,10H2,1-2H3. The number of aldehydes is 1. The summed E-state index contributed by atoms with van der Waals surface area (Å²) in [5, 5.41) is 8.93. The first kappa shape index (κ1) is 14.2. The summed E-state index contributed by atoms with van der Waals surface area (Å²) in [6, 6.07) is 5.53. The Hall–Kier alpha value is -2.22. The number of hydrogen-bond donors (Lipinski definition) is 0. The van der Waals surface area contributed by atoms with Gasteiger partial charge in [0.25, 0.3) is 0 Å². The van der Waals surface area contributed by atoms with E-state index in [1.165, 1.54) is 0 Å². The van der Waals surface area contributed by atoms with Crippen LogP contribution in [0, 0.1) is 16.7 Å². The summed E-state index contributed by atoms with van der Waals surface area (Å²) in [7, 11) is 0. The summed E-state index contributed by atoms with van der Waals surface area (Å²) in [5.74, 6) is 1.63. The van der Waals surface area contributed by atoms with Gasteiger partial charge in [-0.05, 0) is 32.8 Å². The molecule has 0 saturated carbocycles. The molecule has 0 fully saturated rings. The maximum Gasteiger partial charge on any atom is 0.231 e. The Kier molecular flexibility index (Phi) is 4.14. The van der Waals surface area contributed by atoms with Crippen molar-refractivity contribution in [2.75, 3.05) is 13.4 Å². The predicted octanol–water partition coefficient (Wildman–Crippen LogP) is 2.94. The molecule has 20 heavy (non-hydrogen) atoms. The zero-order chi connectivity index (χ0) is 14.6. The normalized spacial score (nSPS) is 12.8. The lowest BCUT2D eigenvalue weighted by molar-refractivity contribution is 0.111. The Bertz CT molecular complexity index is 546. The minimum Gasteiger partial charge on any atom is -0.493 e. The van der Waals surface area contributed by atoms with Crippen molar-refractivity contribution in [3.8, 4) is 23.3 Å². The third kappa shape index (κ3) is 3.21. The largest absolute Gasteiger partial charge is 0.493 e. The van der Waals surface area contributed by atoms with Crippen LogP contribution in [0.3, 0.4) is 0 Å². The van der Waals surface area contributed by atoms with Crippen molar-refractivity contribution in [2.24, 2.45) is 5.41 Å². The van der Waals surface area contributed by atoms with E-state index in [1.54, 1.807) is 12.1 Å². The third-order valence-electron chi connectivity index (χ3n) is 3.14. The highest BCUT2D eigenvalue weighted by Gasteiger charge is 2.19. The van der Waals surface area contributed by atoms with Crippen LogP contribution in [-0.2, 0) is 0 Å². The number of nitriles is 1. The molecule has 1 aliphatic rings. The Morgan fingerprint density at radius 1 is 1.40 bits per heavy atom. The van der Waals surface area contributed by atoms with Crippen LogP contribution < -0.4 is 14.2 Å². The van der Waals surface area contributed by atoms with E-state index in [0.717, 1.165) is 19.1 Å². The van der Waals surface area contributed by atoms with Crippen molar-refractivity contribution in [3.63, 3.8) is 0 Å². The van der Waals surface area contributed by atoms with Crippen LogP contribution in [-0.4, -0.2) is 19.7 Å². The molecule has 0 amide bonds. The van der Waals surface area contributed by atoms with Gasteiger partial charge in [0.2, 0.25) is 6.79 Å². The molecule has 106 valence electrons. The smallest absolute Gasteiger partial charge is 0.231 e. The van der Waals surface area contributed by atoms with Crippen LogP contribution in [0.4, 0.5) is 0 Å². The first-order chi connectivity index (χ1) is 9.55. The molecule has 0 N–H and O–H groups in total. The number of nitrogens with zero attached hydrogens (tertiary/aromatic N) is 1. The zero-order valence-corrected chi connectivity index (χ0v) is 11.6. The summed E-state index contributed by atoms with van der Waals surface area (Å²) < 4.78 is 16.1. The lowest BCUT2D eigenvalue weighted by atomic mass is 9.90. The lowest BCUT2D eigenvalue weighted by Gasteiger charge is -2.15. The molecule has 0 saturated heterocycles. The van der Waals surface area contributed by atoms with Gasteiger partial charge < -0.3 is 14.2 Å². The molecule has 1 aromatic carbocycles. The molecule has 2 rings (SSSR count). The Morgan fingerprint density at radius 2 is 2.10 bits per heavy atom. The van der Waals surface area contributed by atoms with Gasteiger partial charge in [0, 0.05) is 6.07 Å². The summed E-state index contributed by atoms with van der Waals surface area (Å²) in [6.45, 7) is 4.40. The first-order valence-electron chi connectivity index (χ1n) is 6.48. The van der Waals surface area contributed by atoms with E-state index in [4.69, 9.17) is 19.5 Å².